The lowest BCUT2D eigenvalue weighted by Crippen LogP contribution is -2.05. The normalized spacial score (nSPS) is 12.4. The van der Waals surface area contributed by atoms with E-state index >= 15 is 0 Å². The van der Waals surface area contributed by atoms with Crippen molar-refractivity contribution in [3.05, 3.63) is 86.7 Å². The third-order valence-electron chi connectivity index (χ3n) is 5.62. The van der Waals surface area contributed by atoms with Crippen LogP contribution in [0.15, 0.2) is 52.4 Å². The number of hydrogen-bond donors (Lipinski definition) is 0. The Bertz CT molecular complexity index is 1110. The van der Waals surface area contributed by atoms with Gasteiger partial charge in [-0.05, 0) is 87.9 Å². The van der Waals surface area contributed by atoms with Crippen LogP contribution >= 0.6 is 11.6 Å². The highest BCUT2D eigenvalue weighted by atomic mass is 35.5. The van der Waals surface area contributed by atoms with Gasteiger partial charge < -0.3 is 0 Å². The fraction of sp³-hybridized carbons (Fsp3) is 0.321. The molecular formula is C28H32ClN3. The van der Waals surface area contributed by atoms with Gasteiger partial charge in [0.1, 0.15) is 0 Å². The Hall–Kier alpha value is -2.78. The molecular weight excluding hydrogens is 414 g/mol. The van der Waals surface area contributed by atoms with E-state index in [1.165, 1.54) is 16.7 Å². The van der Waals surface area contributed by atoms with Crippen LogP contribution in [0.25, 0.3) is 0 Å². The first-order chi connectivity index (χ1) is 15.2. The van der Waals surface area contributed by atoms with Gasteiger partial charge in [-0.15, -0.1) is 0 Å². The smallest absolute Gasteiger partial charge is 0.0851 e. The summed E-state index contributed by atoms with van der Waals surface area (Å²) >= 11 is 6.52. The lowest BCUT2D eigenvalue weighted by atomic mass is 10.0. The zero-order valence-electron chi connectivity index (χ0n) is 20.2. The molecule has 3 aromatic rings. The monoisotopic (exact) mass is 445 g/mol. The van der Waals surface area contributed by atoms with Gasteiger partial charge in [-0.25, -0.2) is 9.98 Å². The summed E-state index contributed by atoms with van der Waals surface area (Å²) in [4.78, 5) is 14.7. The number of nitrogens with zero attached hydrogens (tertiary/aromatic N) is 3. The second kappa shape index (κ2) is 10.2. The lowest BCUT2D eigenvalue weighted by Gasteiger charge is -2.11. The molecule has 1 aromatic heterocycles. The van der Waals surface area contributed by atoms with Crippen molar-refractivity contribution in [3.8, 4) is 0 Å². The van der Waals surface area contributed by atoms with Crippen molar-refractivity contribution in [2.75, 3.05) is 0 Å². The van der Waals surface area contributed by atoms with Crippen LogP contribution in [0.3, 0.4) is 0 Å². The number of pyridine rings is 1. The molecule has 0 radical (unpaired) electrons. The van der Waals surface area contributed by atoms with E-state index in [1.54, 1.807) is 0 Å². The summed E-state index contributed by atoms with van der Waals surface area (Å²) in [6, 6.07) is 14.5. The topological polar surface area (TPSA) is 37.6 Å². The molecule has 0 fully saturated rings. The van der Waals surface area contributed by atoms with Crippen molar-refractivity contribution in [1.82, 2.24) is 4.98 Å². The van der Waals surface area contributed by atoms with E-state index in [0.717, 1.165) is 58.2 Å². The van der Waals surface area contributed by atoms with Crippen LogP contribution < -0.4 is 0 Å². The second-order valence-electron chi connectivity index (χ2n) is 8.35. The average Bonchev–Trinajstić information content (AvgIpc) is 2.76. The predicted octanol–water partition coefficient (Wildman–Crippen LogP) is 8.07. The number of aliphatic imine (C=N–C) groups is 2. The van der Waals surface area contributed by atoms with E-state index in [9.17, 15) is 0 Å². The Balaban J connectivity index is 2.01. The van der Waals surface area contributed by atoms with Crippen molar-refractivity contribution in [3.63, 3.8) is 0 Å². The van der Waals surface area contributed by atoms with Crippen molar-refractivity contribution < 1.29 is 0 Å². The maximum Gasteiger partial charge on any atom is 0.0851 e. The number of benzene rings is 2. The Kier molecular flexibility index (Phi) is 7.63. The summed E-state index contributed by atoms with van der Waals surface area (Å²) in [5.74, 6) is 0. The van der Waals surface area contributed by atoms with E-state index in [2.05, 4.69) is 52.8 Å². The lowest BCUT2D eigenvalue weighted by molar-refractivity contribution is 1.11. The Morgan fingerprint density at radius 1 is 0.781 bits per heavy atom. The van der Waals surface area contributed by atoms with Crippen molar-refractivity contribution in [2.24, 2.45) is 9.98 Å². The Morgan fingerprint density at radius 3 is 1.84 bits per heavy atom. The minimum atomic E-state index is 0.678. The molecule has 0 aliphatic heterocycles. The highest BCUT2D eigenvalue weighted by molar-refractivity contribution is 6.33. The number of aryl methyl sites for hydroxylation is 5. The van der Waals surface area contributed by atoms with Crippen LogP contribution in [0.2, 0.25) is 5.02 Å². The predicted molar refractivity (Wildman–Crippen MR) is 139 cm³/mol. The van der Waals surface area contributed by atoms with Gasteiger partial charge in [0.15, 0.2) is 0 Å². The standard InChI is InChI=1S/C28H32ClN3/c1-8-22-14-17(3)13-19(5)27(22)30-20(6)25-11-10-12-26(32-25)21(7)31-28-23(9-2)15-18(4)16-24(28)29/h10-16H,8-9H2,1-7H3/b30-20+,31-21+. The molecule has 1 heterocycles. The SMILES string of the molecule is CCc1cc(C)cc(C)c1/N=C(\C)c1cccc(/C(C)=N/c2c(Cl)cc(C)cc2CC)n1. The van der Waals surface area contributed by atoms with Crippen LogP contribution in [0.1, 0.15) is 66.9 Å². The van der Waals surface area contributed by atoms with Crippen molar-refractivity contribution in [1.29, 1.82) is 0 Å². The fourth-order valence-corrected chi connectivity index (χ4v) is 4.30. The molecule has 0 N–H and O–H groups in total. The number of halogens is 1. The molecule has 0 saturated carbocycles. The van der Waals surface area contributed by atoms with Crippen molar-refractivity contribution >= 4 is 34.4 Å². The van der Waals surface area contributed by atoms with Crippen LogP contribution in [0, 0.1) is 20.8 Å². The maximum absolute atomic E-state index is 6.52. The molecule has 0 saturated heterocycles. The van der Waals surface area contributed by atoms with Crippen LogP contribution in [-0.2, 0) is 12.8 Å². The third-order valence-corrected chi connectivity index (χ3v) is 5.91. The minimum absolute atomic E-state index is 0.678. The first-order valence-electron chi connectivity index (χ1n) is 11.2. The first-order valence-corrected chi connectivity index (χ1v) is 11.6. The summed E-state index contributed by atoms with van der Waals surface area (Å²) in [7, 11) is 0. The van der Waals surface area contributed by atoms with Crippen LogP contribution in [0.5, 0.6) is 0 Å². The summed E-state index contributed by atoms with van der Waals surface area (Å²) < 4.78 is 0. The zero-order valence-corrected chi connectivity index (χ0v) is 20.9. The molecule has 3 rings (SSSR count). The van der Waals surface area contributed by atoms with Crippen molar-refractivity contribution in [2.45, 2.75) is 61.3 Å². The maximum atomic E-state index is 6.52. The summed E-state index contributed by atoms with van der Waals surface area (Å²) in [6.45, 7) is 14.6. The van der Waals surface area contributed by atoms with Gasteiger partial charge >= 0.3 is 0 Å². The largest absolute Gasteiger partial charge is 0.251 e. The molecule has 0 atom stereocenters. The molecule has 2 aromatic carbocycles. The van der Waals surface area contributed by atoms with E-state index < -0.39 is 0 Å². The highest BCUT2D eigenvalue weighted by Crippen LogP contribution is 2.32. The number of aromatic nitrogens is 1. The molecule has 166 valence electrons. The van der Waals surface area contributed by atoms with E-state index in [-0.39, 0.29) is 0 Å². The van der Waals surface area contributed by atoms with E-state index in [0.29, 0.717) is 5.02 Å². The van der Waals surface area contributed by atoms with Gasteiger partial charge in [0.25, 0.3) is 0 Å². The zero-order chi connectivity index (χ0) is 23.4. The van der Waals surface area contributed by atoms with Gasteiger partial charge in [0, 0.05) is 0 Å². The summed E-state index contributed by atoms with van der Waals surface area (Å²) in [5.41, 5.74) is 11.3. The highest BCUT2D eigenvalue weighted by Gasteiger charge is 2.11. The van der Waals surface area contributed by atoms with E-state index in [1.807, 2.05) is 38.1 Å². The van der Waals surface area contributed by atoms with Gasteiger partial charge in [0.05, 0.1) is 39.2 Å². The molecule has 0 aliphatic rings. The van der Waals surface area contributed by atoms with Gasteiger partial charge in [-0.3, -0.25) is 4.99 Å². The Morgan fingerprint density at radius 2 is 1.28 bits per heavy atom. The first kappa shape index (κ1) is 23.9. The second-order valence-corrected chi connectivity index (χ2v) is 8.76. The molecule has 4 heteroatoms. The minimum Gasteiger partial charge on any atom is -0.251 e. The van der Waals surface area contributed by atoms with Gasteiger partial charge in [-0.2, -0.15) is 0 Å². The number of rotatable bonds is 6. The fourth-order valence-electron chi connectivity index (χ4n) is 3.97. The molecule has 32 heavy (non-hydrogen) atoms. The van der Waals surface area contributed by atoms with E-state index in [4.69, 9.17) is 26.6 Å². The number of hydrogen-bond acceptors (Lipinski definition) is 3. The molecule has 0 aliphatic carbocycles. The molecule has 0 amide bonds. The summed E-state index contributed by atoms with van der Waals surface area (Å²) in [6.07, 6.45) is 1.83. The Labute approximate surface area is 197 Å². The quantitative estimate of drug-likeness (QED) is 0.353. The van der Waals surface area contributed by atoms with Gasteiger partial charge in [0.2, 0.25) is 0 Å². The van der Waals surface area contributed by atoms with Gasteiger partial charge in [-0.1, -0.05) is 55.3 Å². The van der Waals surface area contributed by atoms with Crippen LogP contribution in [-0.4, -0.2) is 16.4 Å². The molecule has 3 nitrogen and oxygen atoms in total. The van der Waals surface area contributed by atoms with Crippen LogP contribution in [0.4, 0.5) is 11.4 Å². The third kappa shape index (κ3) is 5.34. The molecule has 0 bridgehead atoms. The summed E-state index contributed by atoms with van der Waals surface area (Å²) in [5, 5.41) is 0.678. The average molecular weight is 446 g/mol. The molecule has 0 spiro atoms. The molecule has 0 unspecified atom stereocenters.